The van der Waals surface area contributed by atoms with Crippen LogP contribution in [0.5, 0.6) is 0 Å². The number of hydrogen-bond acceptors (Lipinski definition) is 6. The molecule has 0 unspecified atom stereocenters. The van der Waals surface area contributed by atoms with E-state index in [1.165, 1.54) is 11.8 Å². The number of benzene rings is 1. The third-order valence-electron chi connectivity index (χ3n) is 5.37. The number of anilines is 3. The van der Waals surface area contributed by atoms with Crippen LogP contribution in [0.4, 0.5) is 30.6 Å². The molecule has 0 saturated carbocycles. The Morgan fingerprint density at radius 3 is 2.45 bits per heavy atom. The van der Waals surface area contributed by atoms with Crippen molar-refractivity contribution in [1.82, 2.24) is 10.3 Å². The van der Waals surface area contributed by atoms with Gasteiger partial charge in [-0.1, -0.05) is 0 Å². The number of carbonyl (C=O) groups excluding carboxylic acids is 2. The predicted octanol–water partition coefficient (Wildman–Crippen LogP) is 2.15. The molecular weight excluding hydrogens is 408 g/mol. The smallest absolute Gasteiger partial charge is 0.414 e. The third kappa shape index (κ3) is 4.52. The van der Waals surface area contributed by atoms with Gasteiger partial charge in [0, 0.05) is 51.4 Å². The molecule has 0 radical (unpaired) electrons. The first kappa shape index (κ1) is 20.8. The van der Waals surface area contributed by atoms with E-state index in [2.05, 4.69) is 15.2 Å². The Kier molecular flexibility index (Phi) is 5.88. The normalized spacial score (nSPS) is 18.9. The molecule has 4 rings (SSSR count). The van der Waals surface area contributed by atoms with E-state index in [0.717, 1.165) is 17.8 Å². The van der Waals surface area contributed by atoms with Crippen molar-refractivity contribution < 1.29 is 23.1 Å². The van der Waals surface area contributed by atoms with Crippen LogP contribution >= 0.6 is 0 Å². The largest absolute Gasteiger partial charge is 0.442 e. The third-order valence-corrected chi connectivity index (χ3v) is 5.37. The number of rotatable bonds is 5. The fourth-order valence-electron chi connectivity index (χ4n) is 3.84. The molecule has 3 heterocycles. The van der Waals surface area contributed by atoms with E-state index in [-0.39, 0.29) is 30.4 Å². The number of ether oxygens (including phenoxy) is 1. The molecular formula is C21H23F2N5O3. The van der Waals surface area contributed by atoms with Crippen LogP contribution in [0.3, 0.4) is 0 Å². The Morgan fingerprint density at radius 2 is 1.84 bits per heavy atom. The van der Waals surface area contributed by atoms with Gasteiger partial charge in [-0.15, -0.1) is 0 Å². The summed E-state index contributed by atoms with van der Waals surface area (Å²) in [4.78, 5) is 32.2. The average molecular weight is 431 g/mol. The zero-order chi connectivity index (χ0) is 22.0. The molecule has 1 N–H and O–H groups in total. The Labute approximate surface area is 178 Å². The number of aromatic nitrogens is 1. The minimum Gasteiger partial charge on any atom is -0.442 e. The number of hydrogen-bond donors (Lipinski definition) is 1. The van der Waals surface area contributed by atoms with Crippen LogP contribution in [0, 0.1) is 11.6 Å². The number of piperazine rings is 1. The molecule has 1 aromatic heterocycles. The standard InChI is InChI=1S/C21H23F2N5O3/c1-14(29)25-12-17-13-28(21(30)31-17)16-9-18(22)20(19(23)10-16)27-7-5-26(6-8-27)15-3-2-4-24-11-15/h2-4,9-11,17H,5-8,12-13H2,1H3,(H,25,29)/t17-/m0/s1. The molecule has 2 aliphatic heterocycles. The number of amides is 2. The predicted molar refractivity (Wildman–Crippen MR) is 111 cm³/mol. The number of halogens is 2. The zero-order valence-corrected chi connectivity index (χ0v) is 17.1. The van der Waals surface area contributed by atoms with Gasteiger partial charge < -0.3 is 19.9 Å². The average Bonchev–Trinajstić information content (AvgIpc) is 3.13. The molecule has 0 aliphatic carbocycles. The molecule has 8 nitrogen and oxygen atoms in total. The second kappa shape index (κ2) is 8.75. The van der Waals surface area contributed by atoms with Crippen molar-refractivity contribution in [3.8, 4) is 0 Å². The first-order chi connectivity index (χ1) is 14.9. The van der Waals surface area contributed by atoms with Crippen molar-refractivity contribution in [3.63, 3.8) is 0 Å². The molecule has 2 aromatic rings. The number of pyridine rings is 1. The molecule has 0 spiro atoms. The lowest BCUT2D eigenvalue weighted by Gasteiger charge is -2.37. The quantitative estimate of drug-likeness (QED) is 0.782. The second-order valence-corrected chi connectivity index (χ2v) is 7.50. The summed E-state index contributed by atoms with van der Waals surface area (Å²) in [6.07, 6.45) is 2.18. The summed E-state index contributed by atoms with van der Waals surface area (Å²) in [5, 5.41) is 2.56. The molecule has 2 aliphatic rings. The maximum atomic E-state index is 14.9. The fraction of sp³-hybridized carbons (Fsp3) is 0.381. The van der Waals surface area contributed by atoms with Crippen LogP contribution in [-0.4, -0.2) is 62.4 Å². The molecule has 31 heavy (non-hydrogen) atoms. The van der Waals surface area contributed by atoms with Gasteiger partial charge in [0.25, 0.3) is 0 Å². The minimum absolute atomic E-state index is 0.0862. The van der Waals surface area contributed by atoms with Gasteiger partial charge >= 0.3 is 6.09 Å². The molecule has 0 bridgehead atoms. The number of cyclic esters (lactones) is 1. The summed E-state index contributed by atoms with van der Waals surface area (Å²) in [5.74, 6) is -1.72. The van der Waals surface area contributed by atoms with E-state index in [0.29, 0.717) is 26.2 Å². The molecule has 2 amide bonds. The van der Waals surface area contributed by atoms with Crippen LogP contribution in [0.1, 0.15) is 6.92 Å². The summed E-state index contributed by atoms with van der Waals surface area (Å²) in [6, 6.07) is 6.10. The van der Waals surface area contributed by atoms with Crippen molar-refractivity contribution in [1.29, 1.82) is 0 Å². The fourth-order valence-corrected chi connectivity index (χ4v) is 3.84. The van der Waals surface area contributed by atoms with E-state index in [9.17, 15) is 18.4 Å². The summed E-state index contributed by atoms with van der Waals surface area (Å²) >= 11 is 0. The summed E-state index contributed by atoms with van der Waals surface area (Å²) in [5.41, 5.74) is 0.958. The molecule has 164 valence electrons. The van der Waals surface area contributed by atoms with Crippen molar-refractivity contribution >= 4 is 29.1 Å². The highest BCUT2D eigenvalue weighted by molar-refractivity contribution is 5.90. The van der Waals surface area contributed by atoms with E-state index in [1.54, 1.807) is 17.3 Å². The van der Waals surface area contributed by atoms with Crippen molar-refractivity contribution in [2.75, 3.05) is 54.0 Å². The Bertz CT molecular complexity index is 944. The maximum absolute atomic E-state index is 14.9. The molecule has 1 atom stereocenters. The lowest BCUT2D eigenvalue weighted by atomic mass is 10.2. The van der Waals surface area contributed by atoms with Crippen LogP contribution in [0.15, 0.2) is 36.7 Å². The van der Waals surface area contributed by atoms with E-state index in [1.807, 2.05) is 12.1 Å². The Morgan fingerprint density at radius 1 is 1.16 bits per heavy atom. The van der Waals surface area contributed by atoms with Gasteiger partial charge in [0.05, 0.1) is 30.7 Å². The molecule has 2 saturated heterocycles. The van der Waals surface area contributed by atoms with Crippen molar-refractivity contribution in [3.05, 3.63) is 48.3 Å². The monoisotopic (exact) mass is 431 g/mol. The number of nitrogens with one attached hydrogen (secondary N) is 1. The molecule has 1 aromatic carbocycles. The highest BCUT2D eigenvalue weighted by atomic mass is 19.1. The highest BCUT2D eigenvalue weighted by Crippen LogP contribution is 2.32. The van der Waals surface area contributed by atoms with E-state index in [4.69, 9.17) is 4.74 Å². The first-order valence-corrected chi connectivity index (χ1v) is 10.0. The minimum atomic E-state index is -0.733. The number of carbonyl (C=O) groups is 2. The molecule has 10 heteroatoms. The SMILES string of the molecule is CC(=O)NC[C@H]1CN(c2cc(F)c(N3CCN(c4cccnc4)CC3)c(F)c2)C(=O)O1. The zero-order valence-electron chi connectivity index (χ0n) is 17.1. The summed E-state index contributed by atoms with van der Waals surface area (Å²) in [6.45, 7) is 3.71. The van der Waals surface area contributed by atoms with Crippen LogP contribution in [-0.2, 0) is 9.53 Å². The van der Waals surface area contributed by atoms with Gasteiger partial charge in [-0.2, -0.15) is 0 Å². The van der Waals surface area contributed by atoms with Gasteiger partial charge in [-0.3, -0.25) is 14.7 Å². The Balaban J connectivity index is 1.45. The van der Waals surface area contributed by atoms with Crippen LogP contribution < -0.4 is 20.0 Å². The van der Waals surface area contributed by atoms with Crippen molar-refractivity contribution in [2.24, 2.45) is 0 Å². The lowest BCUT2D eigenvalue weighted by molar-refractivity contribution is -0.119. The van der Waals surface area contributed by atoms with Crippen LogP contribution in [0.25, 0.3) is 0 Å². The topological polar surface area (TPSA) is 78.0 Å². The maximum Gasteiger partial charge on any atom is 0.414 e. The van der Waals surface area contributed by atoms with Gasteiger partial charge in [-0.05, 0) is 12.1 Å². The summed E-state index contributed by atoms with van der Waals surface area (Å²) in [7, 11) is 0. The summed E-state index contributed by atoms with van der Waals surface area (Å²) < 4.78 is 35.0. The van der Waals surface area contributed by atoms with Crippen molar-refractivity contribution in [2.45, 2.75) is 13.0 Å². The first-order valence-electron chi connectivity index (χ1n) is 10.0. The van der Waals surface area contributed by atoms with E-state index < -0.39 is 23.8 Å². The molecule has 2 fully saturated rings. The van der Waals surface area contributed by atoms with Crippen LogP contribution in [0.2, 0.25) is 0 Å². The highest BCUT2D eigenvalue weighted by Gasteiger charge is 2.34. The van der Waals surface area contributed by atoms with E-state index >= 15 is 0 Å². The second-order valence-electron chi connectivity index (χ2n) is 7.50. The Hall–Kier alpha value is -3.43. The van der Waals surface area contributed by atoms with Gasteiger partial charge in [0.1, 0.15) is 11.8 Å². The van der Waals surface area contributed by atoms with Gasteiger partial charge in [0.2, 0.25) is 5.91 Å². The van der Waals surface area contributed by atoms with Gasteiger partial charge in [-0.25, -0.2) is 13.6 Å². The lowest BCUT2D eigenvalue weighted by Crippen LogP contribution is -2.47. The van der Waals surface area contributed by atoms with Gasteiger partial charge in [0.15, 0.2) is 11.6 Å². The number of nitrogens with zero attached hydrogens (tertiary/aromatic N) is 4.